The van der Waals surface area contributed by atoms with Crippen LogP contribution in [-0.4, -0.2) is 61.9 Å². The largest absolute Gasteiger partial charge is 0.399 e. The summed E-state index contributed by atoms with van der Waals surface area (Å²) in [5, 5.41) is 6.20. The maximum atomic E-state index is 14.5. The maximum absolute atomic E-state index is 14.5. The van der Waals surface area contributed by atoms with Gasteiger partial charge in [-0.2, -0.15) is 0 Å². The molecule has 0 amide bonds. The number of nitrogens with two attached hydrogens (primary N) is 1. The minimum Gasteiger partial charge on any atom is -0.399 e. The van der Waals surface area contributed by atoms with E-state index in [2.05, 4.69) is 40.3 Å². The molecule has 0 saturated heterocycles. The summed E-state index contributed by atoms with van der Waals surface area (Å²) >= 11 is 0. The highest BCUT2D eigenvalue weighted by atomic mass is 19.1. The van der Waals surface area contributed by atoms with Crippen molar-refractivity contribution >= 4 is 23.2 Å². The van der Waals surface area contributed by atoms with Crippen molar-refractivity contribution in [2.75, 3.05) is 45.9 Å². The first-order valence-electron chi connectivity index (χ1n) is 10.0. The van der Waals surface area contributed by atoms with Crippen molar-refractivity contribution in [3.63, 3.8) is 0 Å². The second kappa shape index (κ2) is 11.2. The monoisotopic (exact) mass is 429 g/mol. The van der Waals surface area contributed by atoms with E-state index in [1.807, 2.05) is 57.9 Å². The molecule has 31 heavy (non-hydrogen) atoms. The SMILES string of the molecule is C=C(/C=C(/C(=C)N(C)C)C(=NC)N(C)C)Nc1nc(NC(C)CC)c(F)cc1C(=C)N. The van der Waals surface area contributed by atoms with Gasteiger partial charge < -0.3 is 26.2 Å². The normalized spacial score (nSPS) is 12.8. The highest BCUT2D eigenvalue weighted by Crippen LogP contribution is 2.26. The van der Waals surface area contributed by atoms with Crippen LogP contribution in [0.2, 0.25) is 0 Å². The van der Waals surface area contributed by atoms with Gasteiger partial charge in [-0.25, -0.2) is 9.37 Å². The van der Waals surface area contributed by atoms with Gasteiger partial charge in [0.15, 0.2) is 11.6 Å². The van der Waals surface area contributed by atoms with Gasteiger partial charge in [-0.15, -0.1) is 0 Å². The van der Waals surface area contributed by atoms with Crippen LogP contribution in [0.4, 0.5) is 16.0 Å². The zero-order valence-electron chi connectivity index (χ0n) is 19.8. The van der Waals surface area contributed by atoms with Gasteiger partial charge >= 0.3 is 0 Å². The Hall–Kier alpha value is -3.29. The molecule has 0 aliphatic rings. The Morgan fingerprint density at radius 1 is 1.23 bits per heavy atom. The smallest absolute Gasteiger partial charge is 0.166 e. The van der Waals surface area contributed by atoms with Gasteiger partial charge in [-0.3, -0.25) is 4.99 Å². The molecule has 1 unspecified atom stereocenters. The van der Waals surface area contributed by atoms with Gasteiger partial charge in [0.1, 0.15) is 11.7 Å². The number of rotatable bonds is 10. The van der Waals surface area contributed by atoms with Crippen LogP contribution in [0.25, 0.3) is 5.70 Å². The summed E-state index contributed by atoms with van der Waals surface area (Å²) in [5.74, 6) is 0.732. The molecule has 1 heterocycles. The number of nitrogens with zero attached hydrogens (tertiary/aromatic N) is 4. The Balaban J connectivity index is 3.43. The third kappa shape index (κ3) is 6.87. The minimum atomic E-state index is -0.497. The molecular weight excluding hydrogens is 393 g/mol. The van der Waals surface area contributed by atoms with E-state index in [0.717, 1.165) is 23.5 Å². The predicted molar refractivity (Wildman–Crippen MR) is 132 cm³/mol. The molecule has 0 bridgehead atoms. The third-order valence-electron chi connectivity index (χ3n) is 4.64. The minimum absolute atomic E-state index is 0.0586. The number of allylic oxidation sites excluding steroid dienone is 1. The number of aliphatic imine (C=N–C) groups is 1. The van der Waals surface area contributed by atoms with E-state index in [4.69, 9.17) is 5.73 Å². The van der Waals surface area contributed by atoms with Gasteiger partial charge in [0.2, 0.25) is 0 Å². The summed E-state index contributed by atoms with van der Waals surface area (Å²) in [6.45, 7) is 15.9. The number of nitrogens with one attached hydrogen (secondary N) is 2. The van der Waals surface area contributed by atoms with Crippen LogP contribution >= 0.6 is 0 Å². The first kappa shape index (κ1) is 25.7. The molecule has 1 aromatic rings. The Labute approximate surface area is 185 Å². The van der Waals surface area contributed by atoms with Gasteiger partial charge in [-0.1, -0.05) is 26.7 Å². The predicted octanol–water partition coefficient (Wildman–Crippen LogP) is 3.88. The molecular formula is C23H36FN7. The molecule has 0 aliphatic heterocycles. The van der Waals surface area contributed by atoms with E-state index < -0.39 is 5.82 Å². The van der Waals surface area contributed by atoms with Crippen LogP contribution < -0.4 is 16.4 Å². The number of likely N-dealkylation sites (N-methyl/N-ethyl adjacent to an activating group) is 2. The molecule has 1 aromatic heterocycles. The van der Waals surface area contributed by atoms with E-state index in [-0.39, 0.29) is 17.6 Å². The molecule has 1 rings (SSSR count). The number of aromatic nitrogens is 1. The van der Waals surface area contributed by atoms with E-state index in [0.29, 0.717) is 17.1 Å². The topological polar surface area (TPSA) is 81.8 Å². The van der Waals surface area contributed by atoms with Gasteiger partial charge in [0, 0.05) is 69.5 Å². The molecule has 0 radical (unpaired) electrons. The summed E-state index contributed by atoms with van der Waals surface area (Å²) in [6.07, 6.45) is 2.64. The molecule has 4 N–H and O–H groups in total. The standard InChI is InChI=1S/C23H36FN7/c1-11-14(2)27-22-20(24)13-18(16(4)25)21(29-22)28-15(3)12-19(17(5)30(7)8)23(26-6)31(9)10/h12-14H,3-5,11,25H2,1-2,6-10H3,(H2,27,28,29)/b19-12-,26-23?. The lowest BCUT2D eigenvalue weighted by molar-refractivity contribution is 0.523. The van der Waals surface area contributed by atoms with Gasteiger partial charge in [0.05, 0.1) is 0 Å². The van der Waals surface area contributed by atoms with Gasteiger partial charge in [-0.05, 0) is 25.5 Å². The number of anilines is 2. The lowest BCUT2D eigenvalue weighted by Crippen LogP contribution is -2.28. The highest BCUT2D eigenvalue weighted by Gasteiger charge is 2.17. The van der Waals surface area contributed by atoms with E-state index >= 15 is 0 Å². The second-order valence-electron chi connectivity index (χ2n) is 7.68. The van der Waals surface area contributed by atoms with Crippen molar-refractivity contribution in [3.8, 4) is 0 Å². The molecule has 0 fully saturated rings. The Morgan fingerprint density at radius 3 is 2.29 bits per heavy atom. The molecule has 0 aromatic carbocycles. The molecule has 8 heteroatoms. The number of halogens is 1. The van der Waals surface area contributed by atoms with Gasteiger partial charge in [0.25, 0.3) is 0 Å². The Bertz CT molecular complexity index is 897. The molecule has 170 valence electrons. The van der Waals surface area contributed by atoms with Crippen molar-refractivity contribution < 1.29 is 4.39 Å². The average molecular weight is 430 g/mol. The lowest BCUT2D eigenvalue weighted by Gasteiger charge is -2.24. The molecule has 7 nitrogen and oxygen atoms in total. The van der Waals surface area contributed by atoms with Crippen LogP contribution in [0.15, 0.2) is 53.8 Å². The fourth-order valence-electron chi connectivity index (χ4n) is 2.71. The van der Waals surface area contributed by atoms with Crippen molar-refractivity contribution in [2.45, 2.75) is 26.3 Å². The average Bonchev–Trinajstić information content (AvgIpc) is 2.68. The second-order valence-corrected chi connectivity index (χ2v) is 7.68. The molecule has 0 spiro atoms. The molecule has 1 atom stereocenters. The summed E-state index contributed by atoms with van der Waals surface area (Å²) < 4.78 is 14.5. The van der Waals surface area contributed by atoms with Crippen LogP contribution in [0, 0.1) is 5.82 Å². The number of pyridine rings is 1. The third-order valence-corrected chi connectivity index (χ3v) is 4.64. The summed E-state index contributed by atoms with van der Waals surface area (Å²) in [5.41, 5.74) is 8.49. The first-order chi connectivity index (χ1) is 14.4. The Morgan fingerprint density at radius 2 is 1.84 bits per heavy atom. The van der Waals surface area contributed by atoms with E-state index in [1.54, 1.807) is 7.05 Å². The van der Waals surface area contributed by atoms with Crippen LogP contribution in [0.1, 0.15) is 25.8 Å². The van der Waals surface area contributed by atoms with Crippen molar-refractivity contribution in [1.29, 1.82) is 0 Å². The summed E-state index contributed by atoms with van der Waals surface area (Å²) in [7, 11) is 9.33. The van der Waals surface area contributed by atoms with Crippen molar-refractivity contribution in [2.24, 2.45) is 10.7 Å². The summed E-state index contributed by atoms with van der Waals surface area (Å²) in [4.78, 5) is 12.6. The van der Waals surface area contributed by atoms with Crippen LogP contribution in [0.5, 0.6) is 0 Å². The fourth-order valence-corrected chi connectivity index (χ4v) is 2.71. The zero-order chi connectivity index (χ0) is 23.9. The van der Waals surface area contributed by atoms with Crippen LogP contribution in [-0.2, 0) is 0 Å². The quantitative estimate of drug-likeness (QED) is 0.298. The van der Waals surface area contributed by atoms with E-state index in [9.17, 15) is 4.39 Å². The molecule has 0 saturated carbocycles. The van der Waals surface area contributed by atoms with Crippen LogP contribution in [0.3, 0.4) is 0 Å². The fraction of sp³-hybridized carbons (Fsp3) is 0.391. The number of hydrogen-bond acceptors (Lipinski definition) is 6. The maximum Gasteiger partial charge on any atom is 0.166 e. The first-order valence-corrected chi connectivity index (χ1v) is 10.0. The summed E-state index contributed by atoms with van der Waals surface area (Å²) in [6, 6.07) is 1.38. The van der Waals surface area contributed by atoms with Crippen molar-refractivity contribution in [3.05, 3.63) is 60.2 Å². The van der Waals surface area contributed by atoms with Crippen molar-refractivity contribution in [1.82, 2.24) is 14.8 Å². The lowest BCUT2D eigenvalue weighted by atomic mass is 10.1. The number of hydrogen-bond donors (Lipinski definition) is 3. The zero-order valence-corrected chi connectivity index (χ0v) is 19.8. The Kier molecular flexibility index (Phi) is 9.30. The van der Waals surface area contributed by atoms with E-state index in [1.165, 1.54) is 6.07 Å². The molecule has 0 aliphatic carbocycles. The highest BCUT2D eigenvalue weighted by molar-refractivity contribution is 6.02. The number of amidine groups is 1.